The molecule has 0 spiro atoms. The zero-order valence-electron chi connectivity index (χ0n) is 10.2. The molecular weight excluding hydrogens is 248 g/mol. The van der Waals surface area contributed by atoms with Crippen molar-refractivity contribution in [2.24, 2.45) is 0 Å². The summed E-state index contributed by atoms with van der Waals surface area (Å²) in [6.07, 6.45) is 0. The van der Waals surface area contributed by atoms with Gasteiger partial charge in [-0.1, -0.05) is 19.1 Å². The lowest BCUT2D eigenvalue weighted by molar-refractivity contribution is 0.0697. The fraction of sp³-hybridized carbons (Fsp3) is 0.231. The number of aromatic carboxylic acids is 1. The number of nitrogens with one attached hydrogen (secondary N) is 1. The minimum absolute atomic E-state index is 0.242. The average molecular weight is 262 g/mol. The highest BCUT2D eigenvalue weighted by atomic mass is 32.2. The first-order valence-electron chi connectivity index (χ1n) is 5.65. The van der Waals surface area contributed by atoms with Gasteiger partial charge in [-0.3, -0.25) is 5.10 Å². The lowest BCUT2D eigenvalue weighted by Gasteiger charge is -2.02. The number of benzene rings is 1. The Bertz CT molecular complexity index is 561. The molecule has 1 heterocycles. The standard InChI is InChI=1S/C13H14N2O2S/c1-3-18-10-6-4-9(5-7-10)12-11(13(16)17)8(2)14-15-12/h4-7H,3H2,1-2H3,(H,14,15)(H,16,17). The van der Waals surface area contributed by atoms with Gasteiger partial charge in [-0.05, 0) is 24.8 Å². The van der Waals surface area contributed by atoms with Crippen molar-refractivity contribution >= 4 is 17.7 Å². The van der Waals surface area contributed by atoms with Crippen LogP contribution in [0.15, 0.2) is 29.2 Å². The molecule has 0 saturated carbocycles. The van der Waals surface area contributed by atoms with E-state index in [1.807, 2.05) is 24.3 Å². The van der Waals surface area contributed by atoms with E-state index in [2.05, 4.69) is 17.1 Å². The molecule has 1 aromatic carbocycles. The molecule has 0 atom stereocenters. The van der Waals surface area contributed by atoms with Crippen LogP contribution in [0.5, 0.6) is 0 Å². The summed E-state index contributed by atoms with van der Waals surface area (Å²) in [6, 6.07) is 7.78. The number of carbonyl (C=O) groups is 1. The molecule has 0 bridgehead atoms. The molecule has 0 radical (unpaired) electrons. The third-order valence-electron chi connectivity index (χ3n) is 2.60. The number of H-pyrrole nitrogens is 1. The van der Waals surface area contributed by atoms with E-state index in [-0.39, 0.29) is 5.56 Å². The molecule has 2 aromatic rings. The maximum Gasteiger partial charge on any atom is 0.339 e. The van der Waals surface area contributed by atoms with E-state index in [4.69, 9.17) is 0 Å². The number of aromatic amines is 1. The smallest absolute Gasteiger partial charge is 0.339 e. The summed E-state index contributed by atoms with van der Waals surface area (Å²) in [6.45, 7) is 3.80. The van der Waals surface area contributed by atoms with Crippen molar-refractivity contribution in [3.63, 3.8) is 0 Å². The van der Waals surface area contributed by atoms with Gasteiger partial charge in [0.25, 0.3) is 0 Å². The Balaban J connectivity index is 2.40. The maximum absolute atomic E-state index is 11.2. The largest absolute Gasteiger partial charge is 0.478 e. The Labute approximate surface area is 109 Å². The molecule has 0 aliphatic carbocycles. The molecule has 18 heavy (non-hydrogen) atoms. The highest BCUT2D eigenvalue weighted by Gasteiger charge is 2.18. The number of hydrogen-bond donors (Lipinski definition) is 2. The van der Waals surface area contributed by atoms with Crippen LogP contribution in [0.25, 0.3) is 11.3 Å². The summed E-state index contributed by atoms with van der Waals surface area (Å²) in [5, 5.41) is 16.0. The quantitative estimate of drug-likeness (QED) is 0.830. The Morgan fingerprint density at radius 3 is 2.61 bits per heavy atom. The van der Waals surface area contributed by atoms with Gasteiger partial charge in [0, 0.05) is 16.2 Å². The molecule has 4 nitrogen and oxygen atoms in total. The highest BCUT2D eigenvalue weighted by molar-refractivity contribution is 7.99. The van der Waals surface area contributed by atoms with E-state index < -0.39 is 5.97 Å². The zero-order chi connectivity index (χ0) is 13.1. The summed E-state index contributed by atoms with van der Waals surface area (Å²) >= 11 is 1.75. The first-order valence-corrected chi connectivity index (χ1v) is 6.63. The number of hydrogen-bond acceptors (Lipinski definition) is 3. The number of aryl methyl sites for hydroxylation is 1. The van der Waals surface area contributed by atoms with Crippen LogP contribution in [0.3, 0.4) is 0 Å². The van der Waals surface area contributed by atoms with Gasteiger partial charge in [-0.25, -0.2) is 4.79 Å². The van der Waals surface area contributed by atoms with E-state index in [0.717, 1.165) is 11.3 Å². The number of carboxylic acid groups (broad SMARTS) is 1. The molecule has 0 saturated heterocycles. The van der Waals surface area contributed by atoms with Crippen LogP contribution in [-0.4, -0.2) is 27.0 Å². The van der Waals surface area contributed by atoms with Gasteiger partial charge in [0.2, 0.25) is 0 Å². The Kier molecular flexibility index (Phi) is 3.72. The first kappa shape index (κ1) is 12.7. The van der Waals surface area contributed by atoms with Gasteiger partial charge in [-0.2, -0.15) is 5.10 Å². The number of carboxylic acids is 1. The van der Waals surface area contributed by atoms with Crippen LogP contribution in [-0.2, 0) is 0 Å². The SMILES string of the molecule is CCSc1ccc(-c2n[nH]c(C)c2C(=O)O)cc1. The van der Waals surface area contributed by atoms with Crippen LogP contribution in [0, 0.1) is 6.92 Å². The fourth-order valence-corrected chi connectivity index (χ4v) is 2.44. The normalized spacial score (nSPS) is 10.6. The van der Waals surface area contributed by atoms with E-state index in [9.17, 15) is 9.90 Å². The molecule has 5 heteroatoms. The van der Waals surface area contributed by atoms with Crippen LogP contribution < -0.4 is 0 Å². The number of thioether (sulfide) groups is 1. The van der Waals surface area contributed by atoms with Gasteiger partial charge in [0.05, 0.1) is 0 Å². The Hall–Kier alpha value is -1.75. The third-order valence-corrected chi connectivity index (χ3v) is 3.49. The maximum atomic E-state index is 11.2. The van der Waals surface area contributed by atoms with Crippen LogP contribution >= 0.6 is 11.8 Å². The molecule has 0 fully saturated rings. The van der Waals surface area contributed by atoms with Gasteiger partial charge in [-0.15, -0.1) is 11.8 Å². The summed E-state index contributed by atoms with van der Waals surface area (Å²) in [4.78, 5) is 12.4. The summed E-state index contributed by atoms with van der Waals surface area (Å²) in [7, 11) is 0. The molecular formula is C13H14N2O2S. The molecule has 2 N–H and O–H groups in total. The van der Waals surface area contributed by atoms with Gasteiger partial charge >= 0.3 is 5.97 Å². The average Bonchev–Trinajstić information content (AvgIpc) is 2.73. The molecule has 0 aliphatic rings. The van der Waals surface area contributed by atoms with Gasteiger partial charge < -0.3 is 5.11 Å². The third kappa shape index (κ3) is 2.41. The molecule has 94 valence electrons. The summed E-state index contributed by atoms with van der Waals surface area (Å²) < 4.78 is 0. The van der Waals surface area contributed by atoms with E-state index >= 15 is 0 Å². The second-order valence-electron chi connectivity index (χ2n) is 3.83. The van der Waals surface area contributed by atoms with Gasteiger partial charge in [0.1, 0.15) is 11.3 Å². The van der Waals surface area contributed by atoms with Crippen molar-refractivity contribution in [1.82, 2.24) is 10.2 Å². The predicted molar refractivity (Wildman–Crippen MR) is 72.1 cm³/mol. The monoisotopic (exact) mass is 262 g/mol. The van der Waals surface area contributed by atoms with Crippen LogP contribution in [0.1, 0.15) is 23.0 Å². The minimum atomic E-state index is -0.955. The number of rotatable bonds is 4. The van der Waals surface area contributed by atoms with Crippen molar-refractivity contribution in [2.75, 3.05) is 5.75 Å². The second-order valence-corrected chi connectivity index (χ2v) is 5.17. The molecule has 0 unspecified atom stereocenters. The molecule has 0 aliphatic heterocycles. The summed E-state index contributed by atoms with van der Waals surface area (Å²) in [5.41, 5.74) is 2.13. The van der Waals surface area contributed by atoms with Crippen molar-refractivity contribution in [1.29, 1.82) is 0 Å². The topological polar surface area (TPSA) is 66.0 Å². The Morgan fingerprint density at radius 2 is 2.06 bits per heavy atom. The lowest BCUT2D eigenvalue weighted by Crippen LogP contribution is -1.99. The van der Waals surface area contributed by atoms with Gasteiger partial charge in [0.15, 0.2) is 0 Å². The molecule has 2 rings (SSSR count). The minimum Gasteiger partial charge on any atom is -0.478 e. The van der Waals surface area contributed by atoms with E-state index in [0.29, 0.717) is 11.4 Å². The summed E-state index contributed by atoms with van der Waals surface area (Å²) in [5.74, 6) is 0.0598. The predicted octanol–water partition coefficient (Wildman–Crippen LogP) is 3.20. The van der Waals surface area contributed by atoms with Crippen molar-refractivity contribution < 1.29 is 9.90 Å². The molecule has 0 amide bonds. The number of nitrogens with zero attached hydrogens (tertiary/aromatic N) is 1. The van der Waals surface area contributed by atoms with Crippen molar-refractivity contribution in [3.05, 3.63) is 35.5 Å². The first-order chi connectivity index (χ1) is 8.63. The van der Waals surface area contributed by atoms with E-state index in [1.165, 1.54) is 4.90 Å². The van der Waals surface area contributed by atoms with Crippen molar-refractivity contribution in [2.45, 2.75) is 18.7 Å². The molecule has 1 aromatic heterocycles. The Morgan fingerprint density at radius 1 is 1.39 bits per heavy atom. The van der Waals surface area contributed by atoms with Crippen LogP contribution in [0.4, 0.5) is 0 Å². The fourth-order valence-electron chi connectivity index (χ4n) is 1.78. The zero-order valence-corrected chi connectivity index (χ0v) is 11.0. The van der Waals surface area contributed by atoms with Crippen LogP contribution in [0.2, 0.25) is 0 Å². The second kappa shape index (κ2) is 5.27. The number of aromatic nitrogens is 2. The highest BCUT2D eigenvalue weighted by Crippen LogP contribution is 2.26. The van der Waals surface area contributed by atoms with Crippen molar-refractivity contribution in [3.8, 4) is 11.3 Å². The van der Waals surface area contributed by atoms with E-state index in [1.54, 1.807) is 18.7 Å². The lowest BCUT2D eigenvalue weighted by atomic mass is 10.1.